The molecular weight excluding hydrogens is 512 g/mol. The van der Waals surface area contributed by atoms with Crippen molar-refractivity contribution in [1.82, 2.24) is 15.2 Å². The second kappa shape index (κ2) is 14.9. The minimum Gasteiger partial charge on any atom is -0.504 e. The number of ketones is 1. The molecule has 0 aliphatic carbocycles. The Morgan fingerprint density at radius 1 is 0.925 bits per heavy atom. The lowest BCUT2D eigenvalue weighted by atomic mass is 9.97. The van der Waals surface area contributed by atoms with E-state index < -0.39 is 18.0 Å². The molecule has 0 aliphatic rings. The summed E-state index contributed by atoms with van der Waals surface area (Å²) in [4.78, 5) is 44.9. The first kappa shape index (κ1) is 30.5. The smallest absolute Gasteiger partial charge is 0.237 e. The topological polar surface area (TPSA) is 198 Å². The normalized spacial score (nSPS) is 12.6. The molecule has 2 atom stereocenters. The average molecular weight is 551 g/mol. The Hall–Kier alpha value is -4.06. The number of hydrogen-bond donors (Lipinski definition) is 6. The Bertz CT molecular complexity index is 1310. The van der Waals surface area contributed by atoms with Crippen LogP contribution in [0.25, 0.3) is 10.9 Å². The van der Waals surface area contributed by atoms with E-state index in [2.05, 4.69) is 10.3 Å². The summed E-state index contributed by atoms with van der Waals surface area (Å²) < 4.78 is 0. The van der Waals surface area contributed by atoms with Crippen LogP contribution in [0.2, 0.25) is 0 Å². The summed E-state index contributed by atoms with van der Waals surface area (Å²) >= 11 is 0. The highest BCUT2D eigenvalue weighted by Gasteiger charge is 2.25. The first-order valence-corrected chi connectivity index (χ1v) is 13.3. The number of nitrogens with two attached hydrogens (primary N) is 3. The van der Waals surface area contributed by atoms with E-state index >= 15 is 0 Å². The first-order valence-electron chi connectivity index (χ1n) is 13.3. The standard InChI is InChI=1S/C29H38N6O5/c30-11-13-35(14-12-31)28(39)10-7-22(32)29(40)34-24(8-5-19-6-9-25(36)27(38)16-19)26(37)17-20-15-21-3-1-2-4-23(21)33-18-20/h1-4,6,9,15-16,18,22,24,36,38H,5,7-8,10-14,17,30-32H2,(H,34,40)/t22-,24+/m0/s1. The fourth-order valence-electron chi connectivity index (χ4n) is 4.41. The molecular formula is C29H38N6O5. The van der Waals surface area contributed by atoms with E-state index in [0.29, 0.717) is 43.7 Å². The van der Waals surface area contributed by atoms with Crippen molar-refractivity contribution < 1.29 is 24.6 Å². The van der Waals surface area contributed by atoms with Crippen LogP contribution in [0, 0.1) is 0 Å². The highest BCUT2D eigenvalue weighted by atomic mass is 16.3. The molecule has 0 radical (unpaired) electrons. The third-order valence-electron chi connectivity index (χ3n) is 6.65. The van der Waals surface area contributed by atoms with Crippen molar-refractivity contribution in [1.29, 1.82) is 0 Å². The van der Waals surface area contributed by atoms with E-state index in [4.69, 9.17) is 17.2 Å². The number of hydrogen-bond acceptors (Lipinski definition) is 9. The number of pyridine rings is 1. The van der Waals surface area contributed by atoms with Crippen LogP contribution in [0.15, 0.2) is 54.7 Å². The van der Waals surface area contributed by atoms with Crippen molar-refractivity contribution in [2.24, 2.45) is 17.2 Å². The van der Waals surface area contributed by atoms with Gasteiger partial charge in [0, 0.05) is 50.6 Å². The van der Waals surface area contributed by atoms with E-state index in [1.54, 1.807) is 17.2 Å². The number of carbonyl (C=O) groups is 3. The number of amides is 2. The molecule has 0 unspecified atom stereocenters. The molecule has 0 bridgehead atoms. The maximum atomic E-state index is 13.4. The van der Waals surface area contributed by atoms with Crippen LogP contribution >= 0.6 is 0 Å². The second-order valence-corrected chi connectivity index (χ2v) is 9.71. The van der Waals surface area contributed by atoms with Crippen LogP contribution in [0.5, 0.6) is 11.5 Å². The van der Waals surface area contributed by atoms with Gasteiger partial charge in [0.1, 0.15) is 0 Å². The molecule has 0 saturated heterocycles. The van der Waals surface area contributed by atoms with Gasteiger partial charge in [-0.3, -0.25) is 19.4 Å². The van der Waals surface area contributed by atoms with Gasteiger partial charge >= 0.3 is 0 Å². The number of fused-ring (bicyclic) bond motifs is 1. The summed E-state index contributed by atoms with van der Waals surface area (Å²) in [7, 11) is 0. The number of carbonyl (C=O) groups excluding carboxylic acids is 3. The maximum absolute atomic E-state index is 13.4. The Kier molecular flexibility index (Phi) is 11.4. The number of phenols is 2. The molecule has 1 aromatic heterocycles. The second-order valence-electron chi connectivity index (χ2n) is 9.71. The lowest BCUT2D eigenvalue weighted by Gasteiger charge is -2.23. The Morgan fingerprint density at radius 3 is 2.35 bits per heavy atom. The van der Waals surface area contributed by atoms with Crippen molar-refractivity contribution in [2.75, 3.05) is 26.2 Å². The van der Waals surface area contributed by atoms with Gasteiger partial charge in [0.2, 0.25) is 11.8 Å². The molecule has 11 nitrogen and oxygen atoms in total. The van der Waals surface area contributed by atoms with Crippen LogP contribution < -0.4 is 22.5 Å². The van der Waals surface area contributed by atoms with Gasteiger partial charge in [-0.25, -0.2) is 0 Å². The van der Waals surface area contributed by atoms with Gasteiger partial charge in [-0.2, -0.15) is 0 Å². The molecule has 0 fully saturated rings. The Labute approximate surface area is 233 Å². The summed E-state index contributed by atoms with van der Waals surface area (Å²) in [6.07, 6.45) is 2.41. The van der Waals surface area contributed by atoms with Crippen molar-refractivity contribution in [3.63, 3.8) is 0 Å². The van der Waals surface area contributed by atoms with Crippen molar-refractivity contribution in [2.45, 2.75) is 44.2 Å². The average Bonchev–Trinajstić information content (AvgIpc) is 2.95. The molecule has 0 saturated carbocycles. The number of nitrogens with zero attached hydrogens (tertiary/aromatic N) is 2. The molecule has 9 N–H and O–H groups in total. The van der Waals surface area contributed by atoms with Gasteiger partial charge in [-0.1, -0.05) is 24.3 Å². The highest BCUT2D eigenvalue weighted by Crippen LogP contribution is 2.25. The number of Topliss-reactive ketones (excluding diaryl/α,β-unsaturated/α-hetero) is 1. The van der Waals surface area contributed by atoms with E-state index in [1.807, 2.05) is 30.3 Å². The lowest BCUT2D eigenvalue weighted by Crippen LogP contribution is -2.49. The number of aromatic nitrogens is 1. The third-order valence-corrected chi connectivity index (χ3v) is 6.65. The highest BCUT2D eigenvalue weighted by molar-refractivity contribution is 5.92. The summed E-state index contributed by atoms with van der Waals surface area (Å²) in [5.41, 5.74) is 19.4. The molecule has 0 spiro atoms. The molecule has 2 aromatic carbocycles. The Morgan fingerprint density at radius 2 is 1.65 bits per heavy atom. The minimum absolute atomic E-state index is 0.0444. The van der Waals surface area contributed by atoms with E-state index in [-0.39, 0.29) is 48.9 Å². The maximum Gasteiger partial charge on any atom is 0.237 e. The summed E-state index contributed by atoms with van der Waals surface area (Å²) in [6.45, 7) is 1.33. The van der Waals surface area contributed by atoms with E-state index in [0.717, 1.165) is 10.9 Å². The lowest BCUT2D eigenvalue weighted by molar-refractivity contribution is -0.132. The fourth-order valence-corrected chi connectivity index (χ4v) is 4.41. The molecule has 0 aliphatic heterocycles. The largest absolute Gasteiger partial charge is 0.504 e. The number of benzene rings is 2. The van der Waals surface area contributed by atoms with Crippen LogP contribution in [0.4, 0.5) is 0 Å². The van der Waals surface area contributed by atoms with E-state index in [9.17, 15) is 24.6 Å². The van der Waals surface area contributed by atoms with Crippen molar-refractivity contribution >= 4 is 28.5 Å². The van der Waals surface area contributed by atoms with Gasteiger partial charge in [-0.15, -0.1) is 0 Å². The number of aromatic hydroxyl groups is 2. The molecule has 40 heavy (non-hydrogen) atoms. The summed E-state index contributed by atoms with van der Waals surface area (Å²) in [5.74, 6) is -1.47. The van der Waals surface area contributed by atoms with Crippen molar-refractivity contribution in [3.8, 4) is 11.5 Å². The predicted octanol–water partition coefficient (Wildman–Crippen LogP) is 0.729. The third kappa shape index (κ3) is 8.73. The molecule has 214 valence electrons. The van der Waals surface area contributed by atoms with Crippen LogP contribution in [0.3, 0.4) is 0 Å². The number of nitrogens with one attached hydrogen (secondary N) is 1. The zero-order valence-corrected chi connectivity index (χ0v) is 22.5. The van der Waals surface area contributed by atoms with Crippen LogP contribution in [0.1, 0.15) is 30.4 Å². The number of para-hydroxylation sites is 1. The molecule has 2 amide bonds. The van der Waals surface area contributed by atoms with Crippen LogP contribution in [-0.4, -0.2) is 76.0 Å². The van der Waals surface area contributed by atoms with Crippen molar-refractivity contribution in [3.05, 3.63) is 65.9 Å². The van der Waals surface area contributed by atoms with Crippen LogP contribution in [-0.2, 0) is 27.2 Å². The van der Waals surface area contributed by atoms with Gasteiger partial charge < -0.3 is 37.6 Å². The number of phenolic OH excluding ortho intramolecular Hbond substituents is 2. The summed E-state index contributed by atoms with van der Waals surface area (Å²) in [6, 6.07) is 12.0. The SMILES string of the molecule is NCCN(CCN)C(=O)CC[C@H](N)C(=O)N[C@H](CCc1ccc(O)c(O)c1)C(=O)Cc1cnc2ccccc2c1. The van der Waals surface area contributed by atoms with Gasteiger partial charge in [0.15, 0.2) is 17.3 Å². The monoisotopic (exact) mass is 550 g/mol. The van der Waals surface area contributed by atoms with E-state index in [1.165, 1.54) is 12.1 Å². The predicted molar refractivity (Wildman–Crippen MR) is 152 cm³/mol. The molecule has 3 rings (SSSR count). The Balaban J connectivity index is 1.69. The zero-order chi connectivity index (χ0) is 29.1. The molecule has 11 heteroatoms. The fraction of sp³-hybridized carbons (Fsp3) is 0.379. The number of rotatable bonds is 15. The van der Waals surface area contributed by atoms with Gasteiger partial charge in [0.05, 0.1) is 17.6 Å². The minimum atomic E-state index is -1.00. The molecule has 1 heterocycles. The number of aryl methyl sites for hydroxylation is 1. The van der Waals surface area contributed by atoms with Gasteiger partial charge in [-0.05, 0) is 54.7 Å². The van der Waals surface area contributed by atoms with Gasteiger partial charge in [0.25, 0.3) is 0 Å². The quantitative estimate of drug-likeness (QED) is 0.148. The molecule has 3 aromatic rings. The first-order chi connectivity index (χ1) is 19.2. The summed E-state index contributed by atoms with van der Waals surface area (Å²) in [5, 5.41) is 23.1. The zero-order valence-electron chi connectivity index (χ0n) is 22.5.